The zero-order valence-electron chi connectivity index (χ0n) is 14.4. The number of hydrogen-bond acceptors (Lipinski definition) is 4. The van der Waals surface area contributed by atoms with Crippen molar-refractivity contribution in [2.45, 2.75) is 52.6 Å². The standard InChI is InChI=1S/C17H27N3O2.ClH/c1-12(2)14-6-5-13(9-15(14)20(21)22)10-19-8-7-16(18)17(3,4)11-19;/h5-6,9,12,16H,7-8,10-11,18H2,1-4H3;1H. The smallest absolute Gasteiger partial charge is 0.273 e. The zero-order valence-corrected chi connectivity index (χ0v) is 15.2. The molecule has 0 bridgehead atoms. The number of halogens is 1. The summed E-state index contributed by atoms with van der Waals surface area (Å²) < 4.78 is 0. The van der Waals surface area contributed by atoms with Crippen molar-refractivity contribution in [1.29, 1.82) is 0 Å². The third kappa shape index (κ3) is 4.66. The molecule has 1 fully saturated rings. The van der Waals surface area contributed by atoms with Crippen molar-refractivity contribution in [1.82, 2.24) is 4.90 Å². The Kier molecular flexibility index (Phi) is 6.57. The summed E-state index contributed by atoms with van der Waals surface area (Å²) in [5, 5.41) is 11.3. The van der Waals surface area contributed by atoms with E-state index < -0.39 is 0 Å². The molecule has 0 spiro atoms. The van der Waals surface area contributed by atoms with E-state index in [1.165, 1.54) is 0 Å². The predicted octanol–water partition coefficient (Wildman–Crippen LogP) is 3.70. The van der Waals surface area contributed by atoms with Crippen LogP contribution in [-0.2, 0) is 6.54 Å². The second kappa shape index (κ2) is 7.60. The fourth-order valence-electron chi connectivity index (χ4n) is 3.21. The summed E-state index contributed by atoms with van der Waals surface area (Å²) in [6, 6.07) is 5.88. The SMILES string of the molecule is CC(C)c1ccc(CN2CCC(N)C(C)(C)C2)cc1[N+](=O)[O-].Cl. The number of piperidine rings is 1. The van der Waals surface area contributed by atoms with E-state index in [0.29, 0.717) is 0 Å². The minimum absolute atomic E-state index is 0. The second-order valence-corrected chi connectivity index (χ2v) is 7.40. The molecule has 1 heterocycles. The van der Waals surface area contributed by atoms with E-state index >= 15 is 0 Å². The van der Waals surface area contributed by atoms with Crippen molar-refractivity contribution in [2.75, 3.05) is 13.1 Å². The van der Waals surface area contributed by atoms with Gasteiger partial charge in [-0.05, 0) is 23.3 Å². The fraction of sp³-hybridized carbons (Fsp3) is 0.647. The average molecular weight is 342 g/mol. The monoisotopic (exact) mass is 341 g/mol. The Bertz CT molecular complexity index is 561. The summed E-state index contributed by atoms with van der Waals surface area (Å²) in [6.07, 6.45) is 0.971. The molecule has 2 N–H and O–H groups in total. The van der Waals surface area contributed by atoms with Gasteiger partial charge in [-0.1, -0.05) is 39.8 Å². The Morgan fingerprint density at radius 1 is 1.43 bits per heavy atom. The molecule has 23 heavy (non-hydrogen) atoms. The fourth-order valence-corrected chi connectivity index (χ4v) is 3.21. The summed E-state index contributed by atoms with van der Waals surface area (Å²) in [7, 11) is 0. The van der Waals surface area contributed by atoms with E-state index in [2.05, 4.69) is 18.7 Å². The lowest BCUT2D eigenvalue weighted by atomic mass is 9.79. The van der Waals surface area contributed by atoms with Gasteiger partial charge in [0.05, 0.1) is 4.92 Å². The molecule has 0 aromatic heterocycles. The first kappa shape index (κ1) is 19.9. The normalized spacial score (nSPS) is 21.0. The zero-order chi connectivity index (χ0) is 16.5. The average Bonchev–Trinajstić information content (AvgIpc) is 2.42. The number of likely N-dealkylation sites (tertiary alicyclic amines) is 1. The maximum Gasteiger partial charge on any atom is 0.273 e. The van der Waals surface area contributed by atoms with Gasteiger partial charge in [0.25, 0.3) is 5.69 Å². The number of benzene rings is 1. The first-order valence-electron chi connectivity index (χ1n) is 7.96. The highest BCUT2D eigenvalue weighted by molar-refractivity contribution is 5.85. The maximum atomic E-state index is 11.3. The topological polar surface area (TPSA) is 72.4 Å². The van der Waals surface area contributed by atoms with Crippen LogP contribution in [0.4, 0.5) is 5.69 Å². The van der Waals surface area contributed by atoms with Crippen LogP contribution in [0.1, 0.15) is 51.2 Å². The molecule has 0 aliphatic carbocycles. The molecule has 1 aliphatic heterocycles. The van der Waals surface area contributed by atoms with Crippen molar-refractivity contribution in [3.05, 3.63) is 39.4 Å². The molecule has 130 valence electrons. The summed E-state index contributed by atoms with van der Waals surface area (Å²) in [5.41, 5.74) is 8.29. The number of rotatable bonds is 4. The van der Waals surface area contributed by atoms with Crippen LogP contribution in [0.2, 0.25) is 0 Å². The summed E-state index contributed by atoms with van der Waals surface area (Å²) in [4.78, 5) is 13.4. The summed E-state index contributed by atoms with van der Waals surface area (Å²) in [6.45, 7) is 11.0. The van der Waals surface area contributed by atoms with E-state index in [0.717, 1.165) is 37.2 Å². The van der Waals surface area contributed by atoms with Gasteiger partial charge >= 0.3 is 0 Å². The minimum Gasteiger partial charge on any atom is -0.327 e. The van der Waals surface area contributed by atoms with Gasteiger partial charge in [0.1, 0.15) is 0 Å². The molecule has 0 saturated carbocycles. The molecule has 2 rings (SSSR count). The van der Waals surface area contributed by atoms with Crippen LogP contribution >= 0.6 is 12.4 Å². The molecule has 6 heteroatoms. The van der Waals surface area contributed by atoms with Crippen LogP contribution in [0.3, 0.4) is 0 Å². The van der Waals surface area contributed by atoms with Gasteiger partial charge in [-0.3, -0.25) is 15.0 Å². The van der Waals surface area contributed by atoms with Gasteiger partial charge in [-0.15, -0.1) is 12.4 Å². The number of nitrogens with zero attached hydrogens (tertiary/aromatic N) is 2. The van der Waals surface area contributed by atoms with Crippen molar-refractivity contribution in [3.63, 3.8) is 0 Å². The molecular formula is C17H28ClN3O2. The Balaban J connectivity index is 0.00000264. The van der Waals surface area contributed by atoms with E-state index in [9.17, 15) is 10.1 Å². The van der Waals surface area contributed by atoms with Crippen molar-refractivity contribution >= 4 is 18.1 Å². The van der Waals surface area contributed by atoms with Gasteiger partial charge in [0.2, 0.25) is 0 Å². The summed E-state index contributed by atoms with van der Waals surface area (Å²) in [5.74, 6) is 0.154. The minimum atomic E-state index is -0.269. The van der Waals surface area contributed by atoms with Crippen molar-refractivity contribution in [3.8, 4) is 0 Å². The number of hydrogen-bond donors (Lipinski definition) is 1. The third-order valence-corrected chi connectivity index (χ3v) is 4.71. The lowest BCUT2D eigenvalue weighted by molar-refractivity contribution is -0.385. The molecule has 1 aromatic carbocycles. The lowest BCUT2D eigenvalue weighted by Gasteiger charge is -2.42. The first-order chi connectivity index (χ1) is 10.2. The molecule has 1 unspecified atom stereocenters. The first-order valence-corrected chi connectivity index (χ1v) is 7.96. The molecule has 1 aliphatic rings. The Hall–Kier alpha value is -1.17. The highest BCUT2D eigenvalue weighted by Crippen LogP contribution is 2.31. The highest BCUT2D eigenvalue weighted by Gasteiger charge is 2.33. The molecular weight excluding hydrogens is 314 g/mol. The van der Waals surface area contributed by atoms with Crippen molar-refractivity contribution < 1.29 is 4.92 Å². The van der Waals surface area contributed by atoms with Gasteiger partial charge in [0, 0.05) is 37.3 Å². The molecule has 1 aromatic rings. The van der Waals surface area contributed by atoms with Crippen LogP contribution in [-0.4, -0.2) is 29.0 Å². The Labute approximate surface area is 144 Å². The van der Waals surface area contributed by atoms with Gasteiger partial charge in [0.15, 0.2) is 0 Å². The second-order valence-electron chi connectivity index (χ2n) is 7.40. The van der Waals surface area contributed by atoms with E-state index in [-0.39, 0.29) is 40.4 Å². The van der Waals surface area contributed by atoms with Crippen LogP contribution in [0.5, 0.6) is 0 Å². The highest BCUT2D eigenvalue weighted by atomic mass is 35.5. The van der Waals surface area contributed by atoms with Gasteiger partial charge < -0.3 is 5.73 Å². The predicted molar refractivity (Wildman–Crippen MR) is 96.1 cm³/mol. The molecule has 1 atom stereocenters. The molecule has 0 radical (unpaired) electrons. The van der Waals surface area contributed by atoms with E-state index in [1.54, 1.807) is 6.07 Å². The number of nitro benzene ring substituents is 1. The molecule has 0 amide bonds. The van der Waals surface area contributed by atoms with Crippen LogP contribution < -0.4 is 5.73 Å². The molecule has 5 nitrogen and oxygen atoms in total. The van der Waals surface area contributed by atoms with Crippen LogP contribution in [0.25, 0.3) is 0 Å². The largest absolute Gasteiger partial charge is 0.327 e. The van der Waals surface area contributed by atoms with Gasteiger partial charge in [-0.25, -0.2) is 0 Å². The third-order valence-electron chi connectivity index (χ3n) is 4.71. The lowest BCUT2D eigenvalue weighted by Crippen LogP contribution is -2.52. The van der Waals surface area contributed by atoms with Gasteiger partial charge in [-0.2, -0.15) is 0 Å². The Morgan fingerprint density at radius 2 is 2.09 bits per heavy atom. The quantitative estimate of drug-likeness (QED) is 0.669. The van der Waals surface area contributed by atoms with Crippen molar-refractivity contribution in [2.24, 2.45) is 11.1 Å². The maximum absolute atomic E-state index is 11.3. The van der Waals surface area contributed by atoms with E-state index in [1.807, 2.05) is 26.0 Å². The molecule has 1 saturated heterocycles. The Morgan fingerprint density at radius 3 is 2.61 bits per heavy atom. The van der Waals surface area contributed by atoms with Crippen LogP contribution in [0.15, 0.2) is 18.2 Å². The summed E-state index contributed by atoms with van der Waals surface area (Å²) >= 11 is 0. The van der Waals surface area contributed by atoms with E-state index in [4.69, 9.17) is 5.73 Å². The number of nitro groups is 1. The number of nitrogens with two attached hydrogens (primary N) is 1. The van der Waals surface area contributed by atoms with Crippen LogP contribution in [0, 0.1) is 15.5 Å².